The van der Waals surface area contributed by atoms with Crippen molar-refractivity contribution in [1.82, 2.24) is 9.97 Å². The van der Waals surface area contributed by atoms with E-state index in [0.29, 0.717) is 5.82 Å². The number of hydrazine groups is 1. The summed E-state index contributed by atoms with van der Waals surface area (Å²) in [6.45, 7) is 0.780. The van der Waals surface area contributed by atoms with Gasteiger partial charge in [-0.05, 0) is 24.1 Å². The Labute approximate surface area is 110 Å². The first-order valence-electron chi connectivity index (χ1n) is 5.55. The summed E-state index contributed by atoms with van der Waals surface area (Å²) in [5, 5.41) is 3.95. The highest BCUT2D eigenvalue weighted by Gasteiger charge is 1.97. The summed E-state index contributed by atoms with van der Waals surface area (Å²) in [6, 6.07) is 9.55. The van der Waals surface area contributed by atoms with Gasteiger partial charge in [-0.25, -0.2) is 15.8 Å². The van der Waals surface area contributed by atoms with Crippen LogP contribution in [0.4, 0.5) is 11.6 Å². The maximum Gasteiger partial charge on any atom is 0.145 e. The summed E-state index contributed by atoms with van der Waals surface area (Å²) >= 11 is 5.82. The zero-order valence-corrected chi connectivity index (χ0v) is 10.5. The predicted molar refractivity (Wildman–Crippen MR) is 73.5 cm³/mol. The minimum atomic E-state index is 0.582. The Hall–Kier alpha value is -1.85. The van der Waals surface area contributed by atoms with Crippen LogP contribution in [0.25, 0.3) is 0 Å². The van der Waals surface area contributed by atoms with Gasteiger partial charge in [0.15, 0.2) is 0 Å². The number of nitrogens with one attached hydrogen (secondary N) is 2. The number of hydrogen-bond donors (Lipinski definition) is 3. The van der Waals surface area contributed by atoms with Crippen molar-refractivity contribution in [3.8, 4) is 0 Å². The molecule has 0 radical (unpaired) electrons. The zero-order valence-electron chi connectivity index (χ0n) is 9.73. The van der Waals surface area contributed by atoms with Crippen LogP contribution in [0, 0.1) is 0 Å². The fraction of sp³-hybridized carbons (Fsp3) is 0.167. The number of anilines is 2. The van der Waals surface area contributed by atoms with E-state index in [-0.39, 0.29) is 0 Å². The standard InChI is InChI=1S/C12H14ClN5/c13-10-3-1-9(2-4-10)5-6-15-11-7-12(18-14)17-8-16-11/h1-4,7-8H,5-6,14H2,(H2,15,16,17,18). The molecule has 0 unspecified atom stereocenters. The van der Waals surface area contributed by atoms with Crippen LogP contribution in [0.2, 0.25) is 5.02 Å². The topological polar surface area (TPSA) is 75.9 Å². The molecule has 0 aliphatic rings. The van der Waals surface area contributed by atoms with Gasteiger partial charge in [0.1, 0.15) is 18.0 Å². The third kappa shape index (κ3) is 3.58. The van der Waals surface area contributed by atoms with E-state index in [1.807, 2.05) is 24.3 Å². The summed E-state index contributed by atoms with van der Waals surface area (Å²) < 4.78 is 0. The number of halogens is 1. The van der Waals surface area contributed by atoms with E-state index in [1.54, 1.807) is 6.07 Å². The van der Waals surface area contributed by atoms with E-state index < -0.39 is 0 Å². The molecule has 4 N–H and O–H groups in total. The molecule has 0 atom stereocenters. The molecule has 1 aromatic carbocycles. The van der Waals surface area contributed by atoms with Crippen molar-refractivity contribution in [2.24, 2.45) is 5.84 Å². The maximum absolute atomic E-state index is 5.82. The van der Waals surface area contributed by atoms with E-state index in [4.69, 9.17) is 17.4 Å². The van der Waals surface area contributed by atoms with Crippen molar-refractivity contribution in [3.05, 3.63) is 47.2 Å². The average molecular weight is 264 g/mol. The van der Waals surface area contributed by atoms with Crippen LogP contribution >= 0.6 is 11.6 Å². The van der Waals surface area contributed by atoms with Crippen molar-refractivity contribution >= 4 is 23.2 Å². The lowest BCUT2D eigenvalue weighted by molar-refractivity contribution is 0.998. The molecule has 2 aromatic rings. The molecule has 0 aliphatic heterocycles. The summed E-state index contributed by atoms with van der Waals surface area (Å²) in [5.41, 5.74) is 3.70. The van der Waals surface area contributed by atoms with E-state index in [0.717, 1.165) is 23.8 Å². The Bertz CT molecular complexity index is 500. The third-order valence-electron chi connectivity index (χ3n) is 2.45. The lowest BCUT2D eigenvalue weighted by Crippen LogP contribution is -2.11. The Morgan fingerprint density at radius 3 is 2.56 bits per heavy atom. The van der Waals surface area contributed by atoms with Gasteiger partial charge in [0.2, 0.25) is 0 Å². The maximum atomic E-state index is 5.82. The number of nitrogens with zero attached hydrogens (tertiary/aromatic N) is 2. The molecule has 2 rings (SSSR count). The second kappa shape index (κ2) is 6.18. The van der Waals surface area contributed by atoms with Gasteiger partial charge in [0.25, 0.3) is 0 Å². The molecule has 6 heteroatoms. The summed E-state index contributed by atoms with van der Waals surface area (Å²) in [7, 11) is 0. The average Bonchev–Trinajstić information content (AvgIpc) is 2.41. The van der Waals surface area contributed by atoms with E-state index >= 15 is 0 Å². The van der Waals surface area contributed by atoms with Crippen molar-refractivity contribution in [1.29, 1.82) is 0 Å². The van der Waals surface area contributed by atoms with E-state index in [9.17, 15) is 0 Å². The predicted octanol–water partition coefficient (Wildman–Crippen LogP) is 2.07. The largest absolute Gasteiger partial charge is 0.370 e. The molecule has 18 heavy (non-hydrogen) atoms. The second-order valence-corrected chi connectivity index (χ2v) is 4.17. The number of nitrogen functional groups attached to an aromatic ring is 1. The first kappa shape index (κ1) is 12.6. The fourth-order valence-electron chi connectivity index (χ4n) is 1.52. The number of aromatic nitrogens is 2. The van der Waals surface area contributed by atoms with Crippen molar-refractivity contribution < 1.29 is 0 Å². The minimum Gasteiger partial charge on any atom is -0.370 e. The summed E-state index contributed by atoms with van der Waals surface area (Å²) in [6.07, 6.45) is 2.35. The second-order valence-electron chi connectivity index (χ2n) is 3.74. The highest BCUT2D eigenvalue weighted by Crippen LogP contribution is 2.11. The number of benzene rings is 1. The molecular weight excluding hydrogens is 250 g/mol. The highest BCUT2D eigenvalue weighted by molar-refractivity contribution is 6.30. The summed E-state index contributed by atoms with van der Waals surface area (Å²) in [4.78, 5) is 8.03. The summed E-state index contributed by atoms with van der Waals surface area (Å²) in [5.74, 6) is 6.60. The lowest BCUT2D eigenvalue weighted by Gasteiger charge is -2.06. The van der Waals surface area contributed by atoms with Crippen LogP contribution in [-0.2, 0) is 6.42 Å². The Kier molecular flexibility index (Phi) is 4.33. The monoisotopic (exact) mass is 263 g/mol. The van der Waals surface area contributed by atoms with Gasteiger partial charge in [-0.15, -0.1) is 0 Å². The molecule has 0 amide bonds. The van der Waals surface area contributed by atoms with Crippen LogP contribution in [0.15, 0.2) is 36.7 Å². The number of rotatable bonds is 5. The van der Waals surface area contributed by atoms with Crippen LogP contribution in [0.3, 0.4) is 0 Å². The molecule has 0 saturated heterocycles. The van der Waals surface area contributed by atoms with Gasteiger partial charge in [-0.3, -0.25) is 0 Å². The van der Waals surface area contributed by atoms with Crippen LogP contribution in [-0.4, -0.2) is 16.5 Å². The quantitative estimate of drug-likeness (QED) is 0.569. The normalized spacial score (nSPS) is 10.1. The lowest BCUT2D eigenvalue weighted by atomic mass is 10.1. The van der Waals surface area contributed by atoms with E-state index in [1.165, 1.54) is 11.9 Å². The molecule has 0 fully saturated rings. The van der Waals surface area contributed by atoms with Crippen molar-refractivity contribution in [3.63, 3.8) is 0 Å². The molecule has 1 aromatic heterocycles. The fourth-order valence-corrected chi connectivity index (χ4v) is 1.64. The Morgan fingerprint density at radius 1 is 1.11 bits per heavy atom. The molecule has 0 spiro atoms. The molecule has 94 valence electrons. The first-order valence-corrected chi connectivity index (χ1v) is 5.93. The van der Waals surface area contributed by atoms with Crippen LogP contribution < -0.4 is 16.6 Å². The van der Waals surface area contributed by atoms with Crippen molar-refractivity contribution in [2.45, 2.75) is 6.42 Å². The minimum absolute atomic E-state index is 0.582. The van der Waals surface area contributed by atoms with Crippen LogP contribution in [0.5, 0.6) is 0 Å². The van der Waals surface area contributed by atoms with Gasteiger partial charge >= 0.3 is 0 Å². The zero-order chi connectivity index (χ0) is 12.8. The molecule has 0 aliphatic carbocycles. The molecular formula is C12H14ClN5. The van der Waals surface area contributed by atoms with Gasteiger partial charge in [-0.1, -0.05) is 23.7 Å². The Morgan fingerprint density at radius 2 is 1.83 bits per heavy atom. The molecule has 1 heterocycles. The highest BCUT2D eigenvalue weighted by atomic mass is 35.5. The molecule has 0 bridgehead atoms. The third-order valence-corrected chi connectivity index (χ3v) is 2.70. The van der Waals surface area contributed by atoms with Gasteiger partial charge in [-0.2, -0.15) is 0 Å². The van der Waals surface area contributed by atoms with E-state index in [2.05, 4.69) is 20.7 Å². The molecule has 5 nitrogen and oxygen atoms in total. The SMILES string of the molecule is NNc1cc(NCCc2ccc(Cl)cc2)ncn1. The van der Waals surface area contributed by atoms with Gasteiger partial charge < -0.3 is 10.7 Å². The number of nitrogens with two attached hydrogens (primary N) is 1. The van der Waals surface area contributed by atoms with Crippen LogP contribution in [0.1, 0.15) is 5.56 Å². The molecule has 0 saturated carbocycles. The van der Waals surface area contributed by atoms with Gasteiger partial charge in [0, 0.05) is 17.6 Å². The first-order chi connectivity index (χ1) is 8.78. The smallest absolute Gasteiger partial charge is 0.145 e. The Balaban J connectivity index is 1.86. The van der Waals surface area contributed by atoms with Gasteiger partial charge in [0.05, 0.1) is 0 Å². The van der Waals surface area contributed by atoms with Crippen molar-refractivity contribution in [2.75, 3.05) is 17.3 Å². The number of hydrogen-bond acceptors (Lipinski definition) is 5.